The highest BCUT2D eigenvalue weighted by atomic mass is 35.5. The number of rotatable bonds is 5. The van der Waals surface area contributed by atoms with E-state index >= 15 is 0 Å². The van der Waals surface area contributed by atoms with Crippen LogP contribution in [-0.4, -0.2) is 14.2 Å². The molecule has 0 fully saturated rings. The summed E-state index contributed by atoms with van der Waals surface area (Å²) in [5.41, 5.74) is 3.31. The van der Waals surface area contributed by atoms with Crippen LogP contribution in [0.25, 0.3) is 0 Å². The van der Waals surface area contributed by atoms with E-state index in [0.717, 1.165) is 5.69 Å². The van der Waals surface area contributed by atoms with Crippen LogP contribution >= 0.6 is 11.6 Å². The second-order valence-corrected chi connectivity index (χ2v) is 5.37. The number of methoxy groups -OCH3 is 2. The van der Waals surface area contributed by atoms with E-state index in [2.05, 4.69) is 43.4 Å². The molecular weight excluding hydrogens is 286 g/mol. The highest BCUT2D eigenvalue weighted by molar-refractivity contribution is 6.32. The molecule has 0 amide bonds. The summed E-state index contributed by atoms with van der Waals surface area (Å²) < 4.78 is 10.6. The molecule has 0 heterocycles. The minimum Gasteiger partial charge on any atom is -0.495 e. The van der Waals surface area contributed by atoms with Crippen LogP contribution in [0.1, 0.15) is 24.1 Å². The Bertz CT molecular complexity index is 628. The van der Waals surface area contributed by atoms with Gasteiger partial charge >= 0.3 is 0 Å². The third-order valence-corrected chi connectivity index (χ3v) is 3.68. The lowest BCUT2D eigenvalue weighted by atomic mass is 10.1. The van der Waals surface area contributed by atoms with Gasteiger partial charge in [-0.1, -0.05) is 41.4 Å². The summed E-state index contributed by atoms with van der Waals surface area (Å²) in [4.78, 5) is 0. The Balaban J connectivity index is 2.29. The number of hydrogen-bond donors (Lipinski definition) is 1. The standard InChI is InChI=1S/C17H20ClNO2/c1-11-6-5-7-13(8-11)12(2)19-15-10-16(20-3)14(18)9-17(15)21-4/h5-10,12,19H,1-4H3. The Morgan fingerprint density at radius 2 is 1.76 bits per heavy atom. The third kappa shape index (κ3) is 3.61. The molecule has 2 aromatic rings. The fraction of sp³-hybridized carbons (Fsp3) is 0.294. The molecule has 2 aromatic carbocycles. The third-order valence-electron chi connectivity index (χ3n) is 3.39. The van der Waals surface area contributed by atoms with Crippen molar-refractivity contribution in [3.63, 3.8) is 0 Å². The summed E-state index contributed by atoms with van der Waals surface area (Å²) in [6.07, 6.45) is 0. The molecule has 0 aliphatic rings. The molecule has 0 spiro atoms. The molecule has 0 aliphatic carbocycles. The van der Waals surface area contributed by atoms with Gasteiger partial charge in [0.2, 0.25) is 0 Å². The lowest BCUT2D eigenvalue weighted by molar-refractivity contribution is 0.404. The van der Waals surface area contributed by atoms with Crippen molar-refractivity contribution >= 4 is 17.3 Å². The first kappa shape index (κ1) is 15.5. The van der Waals surface area contributed by atoms with Crippen LogP contribution in [0.5, 0.6) is 11.5 Å². The quantitative estimate of drug-likeness (QED) is 0.857. The second kappa shape index (κ2) is 6.72. The molecule has 0 radical (unpaired) electrons. The van der Waals surface area contributed by atoms with Gasteiger partial charge in [0, 0.05) is 18.2 Å². The summed E-state index contributed by atoms with van der Waals surface area (Å²) in [5, 5.41) is 3.97. The summed E-state index contributed by atoms with van der Waals surface area (Å²) in [7, 11) is 3.22. The molecule has 0 saturated carbocycles. The predicted octanol–water partition coefficient (Wildman–Crippen LogP) is 4.84. The van der Waals surface area contributed by atoms with Crippen molar-refractivity contribution in [1.82, 2.24) is 0 Å². The Kier molecular flexibility index (Phi) is 4.97. The summed E-state index contributed by atoms with van der Waals surface area (Å²) >= 11 is 6.12. The van der Waals surface area contributed by atoms with Gasteiger partial charge in [-0.05, 0) is 19.4 Å². The smallest absolute Gasteiger partial charge is 0.143 e. The van der Waals surface area contributed by atoms with Crippen molar-refractivity contribution in [2.75, 3.05) is 19.5 Å². The van der Waals surface area contributed by atoms with Crippen molar-refractivity contribution in [1.29, 1.82) is 0 Å². The van der Waals surface area contributed by atoms with E-state index in [4.69, 9.17) is 21.1 Å². The number of benzene rings is 2. The number of anilines is 1. The van der Waals surface area contributed by atoms with E-state index in [1.165, 1.54) is 11.1 Å². The molecule has 1 N–H and O–H groups in total. The monoisotopic (exact) mass is 305 g/mol. The predicted molar refractivity (Wildman–Crippen MR) is 87.8 cm³/mol. The molecule has 112 valence electrons. The van der Waals surface area contributed by atoms with Crippen molar-refractivity contribution in [2.24, 2.45) is 0 Å². The van der Waals surface area contributed by atoms with Crippen LogP contribution in [0.3, 0.4) is 0 Å². The average molecular weight is 306 g/mol. The van der Waals surface area contributed by atoms with Gasteiger partial charge in [-0.2, -0.15) is 0 Å². The zero-order chi connectivity index (χ0) is 15.4. The Labute approximate surface area is 130 Å². The van der Waals surface area contributed by atoms with Crippen LogP contribution in [0.4, 0.5) is 5.69 Å². The van der Waals surface area contributed by atoms with Gasteiger partial charge < -0.3 is 14.8 Å². The summed E-state index contributed by atoms with van der Waals surface area (Å²) in [6, 6.07) is 12.2. The van der Waals surface area contributed by atoms with E-state index in [1.54, 1.807) is 20.3 Å². The SMILES string of the molecule is COc1cc(NC(C)c2cccc(C)c2)c(OC)cc1Cl. The lowest BCUT2D eigenvalue weighted by Crippen LogP contribution is -2.08. The molecule has 21 heavy (non-hydrogen) atoms. The maximum absolute atomic E-state index is 6.12. The molecule has 0 bridgehead atoms. The highest BCUT2D eigenvalue weighted by Gasteiger charge is 2.13. The minimum atomic E-state index is 0.143. The van der Waals surface area contributed by atoms with E-state index in [0.29, 0.717) is 16.5 Å². The van der Waals surface area contributed by atoms with Gasteiger partial charge in [-0.25, -0.2) is 0 Å². The maximum atomic E-state index is 6.12. The largest absolute Gasteiger partial charge is 0.495 e. The number of ether oxygens (including phenoxy) is 2. The Hall–Kier alpha value is -1.87. The molecule has 0 aromatic heterocycles. The average Bonchev–Trinajstić information content (AvgIpc) is 2.48. The van der Waals surface area contributed by atoms with Crippen LogP contribution in [-0.2, 0) is 0 Å². The van der Waals surface area contributed by atoms with Crippen LogP contribution in [0, 0.1) is 6.92 Å². The first-order valence-electron chi connectivity index (χ1n) is 6.79. The van der Waals surface area contributed by atoms with Crippen molar-refractivity contribution in [2.45, 2.75) is 19.9 Å². The normalized spacial score (nSPS) is 11.9. The lowest BCUT2D eigenvalue weighted by Gasteiger charge is -2.19. The zero-order valence-corrected chi connectivity index (χ0v) is 13.5. The molecular formula is C17H20ClNO2. The number of nitrogens with one attached hydrogen (secondary N) is 1. The second-order valence-electron chi connectivity index (χ2n) is 4.97. The number of halogens is 1. The van der Waals surface area contributed by atoms with Gasteiger partial charge in [0.25, 0.3) is 0 Å². The molecule has 1 atom stereocenters. The molecule has 0 aliphatic heterocycles. The highest BCUT2D eigenvalue weighted by Crippen LogP contribution is 2.37. The molecule has 2 rings (SSSR count). The first-order chi connectivity index (χ1) is 10.0. The Morgan fingerprint density at radius 1 is 1.05 bits per heavy atom. The number of hydrogen-bond acceptors (Lipinski definition) is 3. The van der Waals surface area contributed by atoms with E-state index in [1.807, 2.05) is 6.07 Å². The van der Waals surface area contributed by atoms with Gasteiger partial charge in [-0.3, -0.25) is 0 Å². The summed E-state index contributed by atoms with van der Waals surface area (Å²) in [5.74, 6) is 1.32. The van der Waals surface area contributed by atoms with Gasteiger partial charge in [0.15, 0.2) is 0 Å². The van der Waals surface area contributed by atoms with E-state index in [9.17, 15) is 0 Å². The molecule has 4 heteroatoms. The zero-order valence-electron chi connectivity index (χ0n) is 12.7. The maximum Gasteiger partial charge on any atom is 0.143 e. The van der Waals surface area contributed by atoms with Crippen LogP contribution in [0.15, 0.2) is 36.4 Å². The van der Waals surface area contributed by atoms with Crippen molar-refractivity contribution in [3.05, 3.63) is 52.5 Å². The molecule has 3 nitrogen and oxygen atoms in total. The Morgan fingerprint density at radius 3 is 2.38 bits per heavy atom. The molecule has 1 unspecified atom stereocenters. The van der Waals surface area contributed by atoms with Crippen LogP contribution in [0.2, 0.25) is 5.02 Å². The summed E-state index contributed by atoms with van der Waals surface area (Å²) in [6.45, 7) is 4.19. The fourth-order valence-electron chi connectivity index (χ4n) is 2.23. The van der Waals surface area contributed by atoms with Gasteiger partial charge in [0.05, 0.1) is 24.9 Å². The molecule has 0 saturated heterocycles. The van der Waals surface area contributed by atoms with Crippen molar-refractivity contribution < 1.29 is 9.47 Å². The minimum absolute atomic E-state index is 0.143. The van der Waals surface area contributed by atoms with Gasteiger partial charge in [0.1, 0.15) is 11.5 Å². The van der Waals surface area contributed by atoms with Crippen molar-refractivity contribution in [3.8, 4) is 11.5 Å². The van der Waals surface area contributed by atoms with Crippen LogP contribution < -0.4 is 14.8 Å². The topological polar surface area (TPSA) is 30.5 Å². The fourth-order valence-corrected chi connectivity index (χ4v) is 2.46. The number of aryl methyl sites for hydroxylation is 1. The van der Waals surface area contributed by atoms with E-state index < -0.39 is 0 Å². The first-order valence-corrected chi connectivity index (χ1v) is 7.17. The van der Waals surface area contributed by atoms with E-state index in [-0.39, 0.29) is 6.04 Å². The van der Waals surface area contributed by atoms with Gasteiger partial charge in [-0.15, -0.1) is 0 Å².